The lowest BCUT2D eigenvalue weighted by molar-refractivity contribution is 0.168. The summed E-state index contributed by atoms with van der Waals surface area (Å²) in [7, 11) is 0. The summed E-state index contributed by atoms with van der Waals surface area (Å²) in [6.45, 7) is 6.68. The first kappa shape index (κ1) is 18.0. The Kier molecular flexibility index (Phi) is 5.94. The smallest absolute Gasteiger partial charge is 0.412 e. The van der Waals surface area contributed by atoms with Gasteiger partial charge in [-0.1, -0.05) is 6.92 Å². The van der Waals surface area contributed by atoms with E-state index in [1.165, 1.54) is 18.5 Å². The van der Waals surface area contributed by atoms with Crippen LogP contribution in [0.1, 0.15) is 26.7 Å². The van der Waals surface area contributed by atoms with Gasteiger partial charge in [0.2, 0.25) is 0 Å². The molecule has 2 aromatic rings. The maximum atomic E-state index is 11.4. The van der Waals surface area contributed by atoms with Crippen LogP contribution in [-0.2, 0) is 4.74 Å². The topological polar surface area (TPSA) is 66.5 Å². The molecule has 138 valence electrons. The third kappa shape index (κ3) is 4.88. The summed E-state index contributed by atoms with van der Waals surface area (Å²) >= 11 is 0. The molecule has 0 radical (unpaired) electrons. The molecule has 0 atom stereocenters. The summed E-state index contributed by atoms with van der Waals surface area (Å²) in [6.07, 6.45) is 3.71. The molecule has 1 aliphatic heterocycles. The number of rotatable bonds is 5. The first-order valence-electron chi connectivity index (χ1n) is 9.16. The fourth-order valence-electron chi connectivity index (χ4n) is 3.00. The molecule has 1 amide bonds. The fourth-order valence-corrected chi connectivity index (χ4v) is 3.00. The van der Waals surface area contributed by atoms with Crippen LogP contribution in [0.4, 0.5) is 27.7 Å². The van der Waals surface area contributed by atoms with Crippen LogP contribution in [0.15, 0.2) is 42.6 Å². The second-order valence-electron chi connectivity index (χ2n) is 6.62. The lowest BCUT2D eigenvalue weighted by Gasteiger charge is -2.32. The minimum atomic E-state index is -0.497. The number of aromatic nitrogens is 1. The van der Waals surface area contributed by atoms with Gasteiger partial charge in [0, 0.05) is 24.5 Å². The number of nitrogens with one attached hydrogen (secondary N) is 2. The zero-order valence-electron chi connectivity index (χ0n) is 15.4. The van der Waals surface area contributed by atoms with Gasteiger partial charge in [-0.2, -0.15) is 0 Å². The third-order valence-corrected chi connectivity index (χ3v) is 4.57. The molecule has 1 aromatic carbocycles. The van der Waals surface area contributed by atoms with Crippen molar-refractivity contribution in [1.29, 1.82) is 0 Å². The Morgan fingerprint density at radius 3 is 2.46 bits per heavy atom. The number of piperidine rings is 1. The number of ether oxygens (including phenoxy) is 1. The molecule has 0 saturated carbocycles. The van der Waals surface area contributed by atoms with E-state index in [2.05, 4.69) is 51.7 Å². The monoisotopic (exact) mass is 354 g/mol. The van der Waals surface area contributed by atoms with Gasteiger partial charge in [0.1, 0.15) is 5.82 Å². The molecule has 2 N–H and O–H groups in total. The average molecular weight is 354 g/mol. The number of carbonyl (C=O) groups excluding carboxylic acids is 1. The number of carbonyl (C=O) groups is 1. The summed E-state index contributed by atoms with van der Waals surface area (Å²) < 4.78 is 4.83. The van der Waals surface area contributed by atoms with Gasteiger partial charge < -0.3 is 15.0 Å². The standard InChI is InChI=1S/C20H26N4O2/c1-3-26-20(25)23-19-9-6-17(14-21-19)22-16-4-7-18(8-5-16)24-12-10-15(2)11-13-24/h4-9,14-15,22H,3,10-13H2,1-2H3,(H,21,23,25). The number of nitrogens with zero attached hydrogens (tertiary/aromatic N) is 2. The number of pyridine rings is 1. The molecular formula is C20H26N4O2. The lowest BCUT2D eigenvalue weighted by Crippen LogP contribution is -2.32. The highest BCUT2D eigenvalue weighted by Gasteiger charge is 2.15. The van der Waals surface area contributed by atoms with Gasteiger partial charge >= 0.3 is 6.09 Å². The molecule has 2 heterocycles. The van der Waals surface area contributed by atoms with E-state index in [0.29, 0.717) is 12.4 Å². The molecule has 1 aromatic heterocycles. The van der Waals surface area contributed by atoms with Crippen LogP contribution in [0.5, 0.6) is 0 Å². The highest BCUT2D eigenvalue weighted by atomic mass is 16.5. The molecule has 6 nitrogen and oxygen atoms in total. The lowest BCUT2D eigenvalue weighted by atomic mass is 9.99. The van der Waals surface area contributed by atoms with Crippen LogP contribution in [0, 0.1) is 5.92 Å². The maximum Gasteiger partial charge on any atom is 0.412 e. The minimum absolute atomic E-state index is 0.331. The van der Waals surface area contributed by atoms with Crippen molar-refractivity contribution in [2.24, 2.45) is 5.92 Å². The van der Waals surface area contributed by atoms with Gasteiger partial charge in [-0.15, -0.1) is 0 Å². The van der Waals surface area contributed by atoms with Crippen molar-refractivity contribution >= 4 is 29.0 Å². The molecular weight excluding hydrogens is 328 g/mol. The SMILES string of the molecule is CCOC(=O)Nc1ccc(Nc2ccc(N3CCC(C)CC3)cc2)cn1. The highest BCUT2D eigenvalue weighted by molar-refractivity contribution is 5.83. The summed E-state index contributed by atoms with van der Waals surface area (Å²) in [5.74, 6) is 1.30. The predicted molar refractivity (Wildman–Crippen MR) is 105 cm³/mol. The van der Waals surface area contributed by atoms with Crippen molar-refractivity contribution in [3.63, 3.8) is 0 Å². The zero-order chi connectivity index (χ0) is 18.4. The molecule has 26 heavy (non-hydrogen) atoms. The first-order valence-corrected chi connectivity index (χ1v) is 9.16. The van der Waals surface area contributed by atoms with Gasteiger partial charge in [-0.3, -0.25) is 5.32 Å². The van der Waals surface area contributed by atoms with Crippen LogP contribution >= 0.6 is 0 Å². The van der Waals surface area contributed by atoms with E-state index in [9.17, 15) is 4.79 Å². The maximum absolute atomic E-state index is 11.4. The van der Waals surface area contributed by atoms with Gasteiger partial charge in [-0.05, 0) is 62.1 Å². The molecule has 0 spiro atoms. The molecule has 0 unspecified atom stereocenters. The van der Waals surface area contributed by atoms with Crippen LogP contribution in [0.3, 0.4) is 0 Å². The molecule has 1 aliphatic rings. The molecule has 1 saturated heterocycles. The van der Waals surface area contributed by atoms with Crippen LogP contribution in [0.25, 0.3) is 0 Å². The predicted octanol–water partition coefficient (Wildman–Crippen LogP) is 4.63. The Morgan fingerprint density at radius 2 is 1.85 bits per heavy atom. The number of anilines is 4. The van der Waals surface area contributed by atoms with Crippen molar-refractivity contribution in [2.45, 2.75) is 26.7 Å². The van der Waals surface area contributed by atoms with Crippen molar-refractivity contribution in [1.82, 2.24) is 4.98 Å². The zero-order valence-corrected chi connectivity index (χ0v) is 15.4. The first-order chi connectivity index (χ1) is 12.6. The van der Waals surface area contributed by atoms with Gasteiger partial charge in [0.25, 0.3) is 0 Å². The van der Waals surface area contributed by atoms with E-state index in [1.807, 2.05) is 6.07 Å². The van der Waals surface area contributed by atoms with Crippen LogP contribution in [0.2, 0.25) is 0 Å². The number of hydrogen-bond acceptors (Lipinski definition) is 5. The molecule has 1 fully saturated rings. The second kappa shape index (κ2) is 8.56. The fraction of sp³-hybridized carbons (Fsp3) is 0.400. The molecule has 6 heteroatoms. The van der Waals surface area contributed by atoms with Gasteiger partial charge in [-0.25, -0.2) is 9.78 Å². The van der Waals surface area contributed by atoms with E-state index < -0.39 is 6.09 Å². The van der Waals surface area contributed by atoms with E-state index >= 15 is 0 Å². The van der Waals surface area contributed by atoms with Crippen molar-refractivity contribution in [3.05, 3.63) is 42.6 Å². The van der Waals surface area contributed by atoms with E-state index in [1.54, 1.807) is 19.2 Å². The average Bonchev–Trinajstić information content (AvgIpc) is 2.65. The number of hydrogen-bond donors (Lipinski definition) is 2. The normalized spacial score (nSPS) is 14.8. The largest absolute Gasteiger partial charge is 0.450 e. The summed E-state index contributed by atoms with van der Waals surface area (Å²) in [6, 6.07) is 12.1. The minimum Gasteiger partial charge on any atom is -0.450 e. The second-order valence-corrected chi connectivity index (χ2v) is 6.62. The number of benzene rings is 1. The van der Waals surface area contributed by atoms with E-state index in [-0.39, 0.29) is 0 Å². The quantitative estimate of drug-likeness (QED) is 0.819. The molecule has 3 rings (SSSR count). The van der Waals surface area contributed by atoms with Gasteiger partial charge in [0.15, 0.2) is 0 Å². The Bertz CT molecular complexity index is 708. The molecule has 0 aliphatic carbocycles. The Labute approximate surface area is 154 Å². The summed E-state index contributed by atoms with van der Waals surface area (Å²) in [5.41, 5.74) is 3.14. The Hall–Kier alpha value is -2.76. The van der Waals surface area contributed by atoms with Crippen molar-refractivity contribution in [2.75, 3.05) is 35.2 Å². The van der Waals surface area contributed by atoms with E-state index in [0.717, 1.165) is 30.4 Å². The molecule has 0 bridgehead atoms. The highest BCUT2D eigenvalue weighted by Crippen LogP contribution is 2.25. The van der Waals surface area contributed by atoms with E-state index in [4.69, 9.17) is 4.74 Å². The Balaban J connectivity index is 1.56. The van der Waals surface area contributed by atoms with Crippen molar-refractivity contribution in [3.8, 4) is 0 Å². The summed E-state index contributed by atoms with van der Waals surface area (Å²) in [4.78, 5) is 18.0. The van der Waals surface area contributed by atoms with Crippen molar-refractivity contribution < 1.29 is 9.53 Å². The Morgan fingerprint density at radius 1 is 1.15 bits per heavy atom. The number of amides is 1. The third-order valence-electron chi connectivity index (χ3n) is 4.57. The van der Waals surface area contributed by atoms with Crippen LogP contribution in [-0.4, -0.2) is 30.8 Å². The summed E-state index contributed by atoms with van der Waals surface area (Å²) in [5, 5.41) is 5.90. The van der Waals surface area contributed by atoms with Gasteiger partial charge in [0.05, 0.1) is 18.5 Å². The van der Waals surface area contributed by atoms with Crippen LogP contribution < -0.4 is 15.5 Å².